The summed E-state index contributed by atoms with van der Waals surface area (Å²) in [5.41, 5.74) is 1.01. The van der Waals surface area contributed by atoms with E-state index in [0.29, 0.717) is 13.2 Å². The zero-order chi connectivity index (χ0) is 12.1. The van der Waals surface area contributed by atoms with Crippen LogP contribution in [0.2, 0.25) is 0 Å². The van der Waals surface area contributed by atoms with Gasteiger partial charge in [0.15, 0.2) is 0 Å². The zero-order valence-electron chi connectivity index (χ0n) is 9.81. The standard InChI is InChI=1S/C13H15NO3/c1-13(7-16-8-13)9-17-12-5-3-2-4-11(12)6-14-10-15/h2-5H,6-9H2,1H3. The van der Waals surface area contributed by atoms with Gasteiger partial charge in [-0.15, -0.1) is 0 Å². The average molecular weight is 233 g/mol. The lowest BCUT2D eigenvalue weighted by atomic mass is 9.90. The number of nitrogens with zero attached hydrogens (tertiary/aromatic N) is 1. The number of benzene rings is 1. The number of aliphatic imine (C=N–C) groups is 1. The van der Waals surface area contributed by atoms with Crippen molar-refractivity contribution in [3.63, 3.8) is 0 Å². The van der Waals surface area contributed by atoms with Crippen LogP contribution >= 0.6 is 0 Å². The van der Waals surface area contributed by atoms with Gasteiger partial charge in [0, 0.05) is 11.0 Å². The van der Waals surface area contributed by atoms with Crippen LogP contribution in [-0.2, 0) is 16.1 Å². The van der Waals surface area contributed by atoms with E-state index in [4.69, 9.17) is 9.47 Å². The predicted octanol–water partition coefficient (Wildman–Crippen LogP) is 1.94. The minimum absolute atomic E-state index is 0.112. The van der Waals surface area contributed by atoms with E-state index >= 15 is 0 Å². The summed E-state index contributed by atoms with van der Waals surface area (Å²) in [6.07, 6.45) is 1.54. The van der Waals surface area contributed by atoms with Crippen LogP contribution in [0.3, 0.4) is 0 Å². The van der Waals surface area contributed by atoms with Crippen molar-refractivity contribution in [2.45, 2.75) is 13.5 Å². The lowest BCUT2D eigenvalue weighted by Crippen LogP contribution is -2.44. The second kappa shape index (κ2) is 5.13. The van der Waals surface area contributed by atoms with Gasteiger partial charge in [0.1, 0.15) is 5.75 Å². The van der Waals surface area contributed by atoms with Gasteiger partial charge < -0.3 is 9.47 Å². The second-order valence-electron chi connectivity index (χ2n) is 4.61. The number of para-hydroxylation sites is 1. The maximum atomic E-state index is 10.1. The quantitative estimate of drug-likeness (QED) is 0.576. The van der Waals surface area contributed by atoms with Crippen molar-refractivity contribution in [1.82, 2.24) is 0 Å². The lowest BCUT2D eigenvalue weighted by molar-refractivity contribution is -0.120. The summed E-state index contributed by atoms with van der Waals surface area (Å²) in [6.45, 7) is 4.54. The van der Waals surface area contributed by atoms with E-state index < -0.39 is 0 Å². The molecule has 1 aliphatic heterocycles. The largest absolute Gasteiger partial charge is 0.492 e. The molecule has 4 heteroatoms. The van der Waals surface area contributed by atoms with E-state index in [1.807, 2.05) is 24.3 Å². The topological polar surface area (TPSA) is 47.9 Å². The molecule has 0 radical (unpaired) electrons. The zero-order valence-corrected chi connectivity index (χ0v) is 9.81. The number of carbonyl (C=O) groups excluding carboxylic acids is 1. The van der Waals surface area contributed by atoms with Crippen LogP contribution < -0.4 is 4.74 Å². The Balaban J connectivity index is 2.01. The number of rotatable bonds is 5. The van der Waals surface area contributed by atoms with Crippen molar-refractivity contribution in [3.05, 3.63) is 29.8 Å². The molecule has 0 unspecified atom stereocenters. The molecule has 0 aromatic heterocycles. The maximum absolute atomic E-state index is 10.1. The van der Waals surface area contributed by atoms with E-state index in [0.717, 1.165) is 24.5 Å². The van der Waals surface area contributed by atoms with Gasteiger partial charge in [0.25, 0.3) is 0 Å². The summed E-state index contributed by atoms with van der Waals surface area (Å²) in [7, 11) is 0. The molecule has 1 heterocycles. The van der Waals surface area contributed by atoms with Gasteiger partial charge in [-0.1, -0.05) is 25.1 Å². The highest BCUT2D eigenvalue weighted by Crippen LogP contribution is 2.28. The highest BCUT2D eigenvalue weighted by Gasteiger charge is 2.34. The van der Waals surface area contributed by atoms with Crippen LogP contribution in [0, 0.1) is 5.41 Å². The van der Waals surface area contributed by atoms with Gasteiger partial charge in [0.2, 0.25) is 6.08 Å². The molecule has 1 aromatic carbocycles. The molecule has 0 spiro atoms. The van der Waals surface area contributed by atoms with Crippen LogP contribution in [0.15, 0.2) is 29.3 Å². The monoisotopic (exact) mass is 233 g/mol. The summed E-state index contributed by atoms with van der Waals surface area (Å²) < 4.78 is 10.9. The summed E-state index contributed by atoms with van der Waals surface area (Å²) in [5, 5.41) is 0. The van der Waals surface area contributed by atoms with Gasteiger partial charge in [-0.3, -0.25) is 0 Å². The van der Waals surface area contributed by atoms with E-state index in [9.17, 15) is 4.79 Å². The first kappa shape index (κ1) is 11.8. The molecule has 0 amide bonds. The van der Waals surface area contributed by atoms with Crippen molar-refractivity contribution < 1.29 is 14.3 Å². The van der Waals surface area contributed by atoms with E-state index in [2.05, 4.69) is 11.9 Å². The smallest absolute Gasteiger partial charge is 0.235 e. The Bertz CT molecular complexity index is 434. The summed E-state index contributed by atoms with van der Waals surface area (Å²) in [5.74, 6) is 0.777. The third-order valence-electron chi connectivity index (χ3n) is 2.76. The van der Waals surface area contributed by atoms with Gasteiger partial charge >= 0.3 is 0 Å². The Labute approximate surface area is 100 Å². The Hall–Kier alpha value is -1.64. The molecule has 90 valence electrons. The molecule has 0 saturated carbocycles. The Morgan fingerprint density at radius 2 is 2.24 bits per heavy atom. The molecule has 1 saturated heterocycles. The fraction of sp³-hybridized carbons (Fsp3) is 0.462. The maximum Gasteiger partial charge on any atom is 0.235 e. The molecule has 0 N–H and O–H groups in total. The van der Waals surface area contributed by atoms with Gasteiger partial charge in [-0.2, -0.15) is 0 Å². The van der Waals surface area contributed by atoms with Crippen molar-refractivity contribution >= 4 is 6.08 Å². The lowest BCUT2D eigenvalue weighted by Gasteiger charge is -2.37. The normalized spacial score (nSPS) is 16.8. The highest BCUT2D eigenvalue weighted by atomic mass is 16.5. The Kier molecular flexibility index (Phi) is 3.57. The van der Waals surface area contributed by atoms with Crippen molar-refractivity contribution in [2.75, 3.05) is 19.8 Å². The third kappa shape index (κ3) is 2.93. The van der Waals surface area contributed by atoms with Crippen LogP contribution in [0.5, 0.6) is 5.75 Å². The Morgan fingerprint density at radius 3 is 2.88 bits per heavy atom. The van der Waals surface area contributed by atoms with Gasteiger partial charge in [-0.05, 0) is 6.07 Å². The molecule has 17 heavy (non-hydrogen) atoms. The number of hydrogen-bond donors (Lipinski definition) is 0. The second-order valence-corrected chi connectivity index (χ2v) is 4.61. The molecule has 2 rings (SSSR count). The van der Waals surface area contributed by atoms with E-state index in [-0.39, 0.29) is 5.41 Å². The minimum Gasteiger partial charge on any atom is -0.492 e. The van der Waals surface area contributed by atoms with Crippen LogP contribution in [0.4, 0.5) is 0 Å². The third-order valence-corrected chi connectivity index (χ3v) is 2.76. The molecule has 4 nitrogen and oxygen atoms in total. The summed E-state index contributed by atoms with van der Waals surface area (Å²) in [6, 6.07) is 7.59. The van der Waals surface area contributed by atoms with E-state index in [1.54, 1.807) is 0 Å². The molecule has 1 fully saturated rings. The number of ether oxygens (including phenoxy) is 2. The molecule has 1 aromatic rings. The van der Waals surface area contributed by atoms with Crippen LogP contribution in [0.1, 0.15) is 12.5 Å². The molecular formula is C13H15NO3. The fourth-order valence-electron chi connectivity index (χ4n) is 1.68. The minimum atomic E-state index is 0.112. The van der Waals surface area contributed by atoms with Crippen molar-refractivity contribution in [3.8, 4) is 5.75 Å². The average Bonchev–Trinajstić information content (AvgIpc) is 2.32. The summed E-state index contributed by atoms with van der Waals surface area (Å²) >= 11 is 0. The number of isocyanates is 1. The highest BCUT2D eigenvalue weighted by molar-refractivity contribution is 5.37. The first-order valence-corrected chi connectivity index (χ1v) is 5.56. The summed E-state index contributed by atoms with van der Waals surface area (Å²) in [4.78, 5) is 13.7. The first-order chi connectivity index (χ1) is 8.23. The van der Waals surface area contributed by atoms with E-state index in [1.165, 1.54) is 6.08 Å². The van der Waals surface area contributed by atoms with Crippen LogP contribution in [-0.4, -0.2) is 25.9 Å². The van der Waals surface area contributed by atoms with Crippen LogP contribution in [0.25, 0.3) is 0 Å². The van der Waals surface area contributed by atoms with Gasteiger partial charge in [0.05, 0.1) is 26.4 Å². The molecule has 0 aliphatic carbocycles. The fourth-order valence-corrected chi connectivity index (χ4v) is 1.68. The first-order valence-electron chi connectivity index (χ1n) is 5.56. The predicted molar refractivity (Wildman–Crippen MR) is 62.7 cm³/mol. The number of hydrogen-bond acceptors (Lipinski definition) is 4. The SMILES string of the molecule is CC1(COc2ccccc2CN=C=O)COC1. The van der Waals surface area contributed by atoms with Gasteiger partial charge in [-0.25, -0.2) is 9.79 Å². The van der Waals surface area contributed by atoms with Crippen molar-refractivity contribution in [2.24, 2.45) is 10.4 Å². The molecule has 0 bridgehead atoms. The molecule has 0 atom stereocenters. The van der Waals surface area contributed by atoms with Crippen molar-refractivity contribution in [1.29, 1.82) is 0 Å². The molecule has 1 aliphatic rings. The Morgan fingerprint density at radius 1 is 1.47 bits per heavy atom. The molecular weight excluding hydrogens is 218 g/mol.